The van der Waals surface area contributed by atoms with E-state index >= 15 is 0 Å². The minimum Gasteiger partial charge on any atom is -0.493 e. The number of carbonyl (C=O) groups excluding carboxylic acids is 1. The highest BCUT2D eigenvalue weighted by Crippen LogP contribution is 2.44. The molecule has 1 atom stereocenters. The summed E-state index contributed by atoms with van der Waals surface area (Å²) in [5.41, 5.74) is 3.02. The third-order valence-corrected chi connectivity index (χ3v) is 7.20. The maximum atomic E-state index is 12.5. The predicted octanol–water partition coefficient (Wildman–Crippen LogP) is 6.53. The van der Waals surface area contributed by atoms with E-state index in [4.69, 9.17) is 16.3 Å². The van der Waals surface area contributed by atoms with Crippen molar-refractivity contribution in [2.75, 3.05) is 11.9 Å². The van der Waals surface area contributed by atoms with Crippen molar-refractivity contribution in [1.29, 1.82) is 5.26 Å². The van der Waals surface area contributed by atoms with Gasteiger partial charge in [-0.25, -0.2) is 0 Å². The molecule has 0 bridgehead atoms. The van der Waals surface area contributed by atoms with Gasteiger partial charge in [-0.1, -0.05) is 32.4 Å². The summed E-state index contributed by atoms with van der Waals surface area (Å²) < 4.78 is 5.76. The lowest BCUT2D eigenvalue weighted by Gasteiger charge is -2.33. The molecule has 1 heterocycles. The maximum absolute atomic E-state index is 12.5. The quantitative estimate of drug-likeness (QED) is 0.515. The minimum atomic E-state index is -0.0751. The zero-order valence-corrected chi connectivity index (χ0v) is 19.7. The van der Waals surface area contributed by atoms with Crippen molar-refractivity contribution in [1.82, 2.24) is 0 Å². The minimum absolute atomic E-state index is 0.0751. The predicted molar refractivity (Wildman–Crippen MR) is 124 cm³/mol. The zero-order valence-electron chi connectivity index (χ0n) is 18.1. The molecule has 2 aromatic rings. The number of rotatable bonds is 6. The molecule has 0 aliphatic heterocycles. The summed E-state index contributed by atoms with van der Waals surface area (Å²) in [5.74, 6) is 1.31. The van der Waals surface area contributed by atoms with Crippen molar-refractivity contribution in [3.05, 3.63) is 44.8 Å². The van der Waals surface area contributed by atoms with E-state index in [0.29, 0.717) is 41.0 Å². The summed E-state index contributed by atoms with van der Waals surface area (Å²) in [5, 5.41) is 14.0. The van der Waals surface area contributed by atoms with Crippen molar-refractivity contribution in [2.45, 2.75) is 59.8 Å². The first-order valence-corrected chi connectivity index (χ1v) is 11.6. The summed E-state index contributed by atoms with van der Waals surface area (Å²) in [6.07, 6.45) is 3.96. The Labute approximate surface area is 188 Å². The number of nitrogens with zero attached hydrogens (tertiary/aromatic N) is 1. The first-order valence-electron chi connectivity index (χ1n) is 10.4. The average Bonchev–Trinajstić information content (AvgIpc) is 3.01. The summed E-state index contributed by atoms with van der Waals surface area (Å²) in [6, 6.07) is 7.82. The summed E-state index contributed by atoms with van der Waals surface area (Å²) in [6.45, 7) is 9.22. The molecule has 0 saturated carbocycles. The first kappa shape index (κ1) is 22.7. The molecule has 1 amide bonds. The zero-order chi connectivity index (χ0) is 21.9. The third kappa shape index (κ3) is 5.36. The Balaban J connectivity index is 1.55. The van der Waals surface area contributed by atoms with Gasteiger partial charge in [-0.2, -0.15) is 5.26 Å². The van der Waals surface area contributed by atoms with Crippen LogP contribution in [0.3, 0.4) is 0 Å². The van der Waals surface area contributed by atoms with Crippen molar-refractivity contribution in [3.8, 4) is 11.8 Å². The number of ether oxygens (including phenoxy) is 1. The van der Waals surface area contributed by atoms with Crippen LogP contribution < -0.4 is 10.1 Å². The molecule has 0 saturated heterocycles. The van der Waals surface area contributed by atoms with Gasteiger partial charge < -0.3 is 10.1 Å². The molecule has 0 fully saturated rings. The Morgan fingerprint density at radius 2 is 2.17 bits per heavy atom. The van der Waals surface area contributed by atoms with Crippen LogP contribution in [-0.2, 0) is 17.6 Å². The van der Waals surface area contributed by atoms with E-state index in [1.807, 2.05) is 19.1 Å². The summed E-state index contributed by atoms with van der Waals surface area (Å²) >= 11 is 7.53. The van der Waals surface area contributed by atoms with Crippen molar-refractivity contribution in [3.63, 3.8) is 0 Å². The lowest BCUT2D eigenvalue weighted by Crippen LogP contribution is -2.26. The average molecular weight is 445 g/mol. The number of nitrogens with one attached hydrogen (secondary N) is 1. The number of hydrogen-bond donors (Lipinski definition) is 1. The molecule has 3 rings (SSSR count). The lowest BCUT2D eigenvalue weighted by molar-refractivity contribution is -0.116. The van der Waals surface area contributed by atoms with Crippen LogP contribution in [0, 0.1) is 29.6 Å². The number of aryl methyl sites for hydroxylation is 1. The van der Waals surface area contributed by atoms with Gasteiger partial charge in [-0.3, -0.25) is 4.79 Å². The largest absolute Gasteiger partial charge is 0.493 e. The number of amides is 1. The van der Waals surface area contributed by atoms with Gasteiger partial charge >= 0.3 is 0 Å². The van der Waals surface area contributed by atoms with Gasteiger partial charge in [0.05, 0.1) is 12.2 Å². The van der Waals surface area contributed by atoms with Crippen molar-refractivity contribution >= 4 is 33.8 Å². The van der Waals surface area contributed by atoms with Gasteiger partial charge in [0.1, 0.15) is 16.8 Å². The Hall–Kier alpha value is -2.03. The Bertz CT molecular complexity index is 969. The molecule has 0 radical (unpaired) electrons. The molecule has 1 aromatic carbocycles. The molecule has 1 aliphatic carbocycles. The molecule has 1 aliphatic rings. The van der Waals surface area contributed by atoms with Crippen molar-refractivity contribution in [2.24, 2.45) is 11.3 Å². The fraction of sp³-hybridized carbons (Fsp3) is 0.500. The number of carbonyl (C=O) groups is 1. The fourth-order valence-corrected chi connectivity index (χ4v) is 5.43. The van der Waals surface area contributed by atoms with E-state index in [1.165, 1.54) is 4.88 Å². The van der Waals surface area contributed by atoms with Crippen LogP contribution in [0.5, 0.6) is 5.75 Å². The van der Waals surface area contributed by atoms with Gasteiger partial charge in [0.15, 0.2) is 0 Å². The second kappa shape index (κ2) is 9.41. The Morgan fingerprint density at radius 3 is 2.83 bits per heavy atom. The van der Waals surface area contributed by atoms with Gasteiger partial charge in [-0.15, -0.1) is 11.3 Å². The van der Waals surface area contributed by atoms with Gasteiger partial charge in [0.25, 0.3) is 0 Å². The van der Waals surface area contributed by atoms with Crippen LogP contribution in [0.1, 0.15) is 61.6 Å². The van der Waals surface area contributed by atoms with Crippen LogP contribution in [-0.4, -0.2) is 12.5 Å². The highest BCUT2D eigenvalue weighted by Gasteiger charge is 2.32. The normalized spacial score (nSPS) is 15.9. The molecule has 1 unspecified atom stereocenters. The number of nitriles is 1. The second-order valence-corrected chi connectivity index (χ2v) is 10.6. The highest BCUT2D eigenvalue weighted by molar-refractivity contribution is 7.16. The van der Waals surface area contributed by atoms with E-state index in [-0.39, 0.29) is 11.3 Å². The molecule has 30 heavy (non-hydrogen) atoms. The van der Waals surface area contributed by atoms with Crippen LogP contribution in [0.15, 0.2) is 18.2 Å². The van der Waals surface area contributed by atoms with E-state index < -0.39 is 0 Å². The van der Waals surface area contributed by atoms with Crippen LogP contribution in [0.25, 0.3) is 0 Å². The van der Waals surface area contributed by atoms with Gasteiger partial charge in [0, 0.05) is 16.3 Å². The number of anilines is 1. The molecule has 160 valence electrons. The smallest absolute Gasteiger partial charge is 0.225 e. The molecule has 6 heteroatoms. The molecule has 0 spiro atoms. The highest BCUT2D eigenvalue weighted by atomic mass is 35.5. The number of benzene rings is 1. The van der Waals surface area contributed by atoms with E-state index in [0.717, 1.165) is 36.1 Å². The molecule has 4 nitrogen and oxygen atoms in total. The maximum Gasteiger partial charge on any atom is 0.225 e. The number of halogens is 1. The SMILES string of the molecule is Cc1cc(Cl)ccc1OCCCC(=O)Nc1sc2c(c1C#N)CCC(C(C)(C)C)C2. The Kier molecular flexibility index (Phi) is 7.10. The summed E-state index contributed by atoms with van der Waals surface area (Å²) in [7, 11) is 0. The van der Waals surface area contributed by atoms with E-state index in [9.17, 15) is 10.1 Å². The fourth-order valence-electron chi connectivity index (χ4n) is 3.91. The number of fused-ring (bicyclic) bond motifs is 1. The van der Waals surface area contributed by atoms with E-state index in [2.05, 4.69) is 32.2 Å². The molecule has 1 N–H and O–H groups in total. The number of hydrogen-bond acceptors (Lipinski definition) is 4. The second-order valence-electron chi connectivity index (χ2n) is 9.04. The van der Waals surface area contributed by atoms with Gasteiger partial charge in [0.2, 0.25) is 5.91 Å². The van der Waals surface area contributed by atoms with Crippen LogP contribution in [0.4, 0.5) is 5.00 Å². The number of thiophene rings is 1. The molecular formula is C24H29ClN2O2S. The molecular weight excluding hydrogens is 416 g/mol. The van der Waals surface area contributed by atoms with E-state index in [1.54, 1.807) is 17.4 Å². The summed E-state index contributed by atoms with van der Waals surface area (Å²) in [4.78, 5) is 13.7. The third-order valence-electron chi connectivity index (χ3n) is 5.80. The van der Waals surface area contributed by atoms with Crippen molar-refractivity contribution < 1.29 is 9.53 Å². The van der Waals surface area contributed by atoms with Gasteiger partial charge in [-0.05, 0) is 73.3 Å². The van der Waals surface area contributed by atoms with Crippen LogP contribution >= 0.6 is 22.9 Å². The lowest BCUT2D eigenvalue weighted by atomic mass is 9.72. The molecule has 1 aromatic heterocycles. The standard InChI is InChI=1S/C24H29ClN2O2S/c1-15-12-17(25)8-10-20(15)29-11-5-6-22(28)27-23-19(14-26)18-9-7-16(24(2,3)4)13-21(18)30-23/h8,10,12,16H,5-7,9,11,13H2,1-4H3,(H,27,28). The monoisotopic (exact) mass is 444 g/mol. The first-order chi connectivity index (χ1) is 14.2. The van der Waals surface area contributed by atoms with Crippen LogP contribution in [0.2, 0.25) is 5.02 Å². The Morgan fingerprint density at radius 1 is 1.40 bits per heavy atom. The topological polar surface area (TPSA) is 62.1 Å².